The van der Waals surface area contributed by atoms with Crippen molar-refractivity contribution in [2.75, 3.05) is 25.0 Å². The van der Waals surface area contributed by atoms with Gasteiger partial charge >= 0.3 is 0 Å². The molecule has 42 heavy (non-hydrogen) atoms. The summed E-state index contributed by atoms with van der Waals surface area (Å²) in [6, 6.07) is 22.3. The number of aromatic nitrogens is 1. The van der Waals surface area contributed by atoms with Crippen molar-refractivity contribution in [3.8, 4) is 10.6 Å². The number of para-hydroxylation sites is 1. The summed E-state index contributed by atoms with van der Waals surface area (Å²) in [7, 11) is -3.68. The molecule has 5 aromatic rings. The number of carbonyl (C=O) groups is 1. The topological polar surface area (TPSA) is 82.6 Å². The molecule has 0 saturated heterocycles. The third-order valence-corrected chi connectivity index (χ3v) is 12.2. The average Bonchev–Trinajstić information content (AvgIpc) is 3.61. The highest BCUT2D eigenvalue weighted by Crippen LogP contribution is 2.45. The van der Waals surface area contributed by atoms with Gasteiger partial charge in [-0.3, -0.25) is 9.69 Å². The SMILES string of the molecule is CCN1CCc2c(sc(NC(=O)c3ccc(S(=O)(=O)N4CCc5ccccc5C4)cc3)c2-c2nc3ccccc3s2)C1. The predicted octanol–water partition coefficient (Wildman–Crippen LogP) is 6.40. The van der Waals surface area contributed by atoms with E-state index in [1.807, 2.05) is 36.4 Å². The molecule has 0 saturated carbocycles. The van der Waals surface area contributed by atoms with Gasteiger partial charge in [-0.05, 0) is 72.5 Å². The third-order valence-electron chi connectivity index (χ3n) is 8.17. The molecular formula is C32H30N4O3S3. The highest BCUT2D eigenvalue weighted by atomic mass is 32.2. The molecule has 1 amide bonds. The van der Waals surface area contributed by atoms with Crippen molar-refractivity contribution >= 4 is 53.8 Å². The first-order valence-corrected chi connectivity index (χ1v) is 17.2. The zero-order valence-electron chi connectivity index (χ0n) is 23.2. The van der Waals surface area contributed by atoms with Gasteiger partial charge in [0.15, 0.2) is 0 Å². The molecule has 2 aliphatic rings. The van der Waals surface area contributed by atoms with Crippen LogP contribution in [-0.4, -0.2) is 48.1 Å². The number of anilines is 1. The first kappa shape index (κ1) is 27.4. The Bertz CT molecular complexity index is 1880. The molecule has 2 aliphatic heterocycles. The van der Waals surface area contributed by atoms with Crippen LogP contribution in [0.3, 0.4) is 0 Å². The maximum atomic E-state index is 13.5. The summed E-state index contributed by atoms with van der Waals surface area (Å²) in [5.41, 5.74) is 5.88. The number of hydrogen-bond donors (Lipinski definition) is 1. The second-order valence-electron chi connectivity index (χ2n) is 10.6. The van der Waals surface area contributed by atoms with Gasteiger partial charge in [0.1, 0.15) is 10.0 Å². The van der Waals surface area contributed by atoms with Crippen molar-refractivity contribution in [2.24, 2.45) is 0 Å². The molecular weight excluding hydrogens is 585 g/mol. The molecule has 1 N–H and O–H groups in total. The first-order chi connectivity index (χ1) is 20.4. The number of thiazole rings is 1. The second kappa shape index (κ2) is 11.0. The van der Waals surface area contributed by atoms with Gasteiger partial charge in [-0.2, -0.15) is 4.31 Å². The minimum absolute atomic E-state index is 0.194. The van der Waals surface area contributed by atoms with E-state index in [1.54, 1.807) is 34.8 Å². The molecule has 7 rings (SSSR count). The van der Waals surface area contributed by atoms with E-state index in [0.717, 1.165) is 57.4 Å². The zero-order chi connectivity index (χ0) is 28.8. The van der Waals surface area contributed by atoms with Crippen molar-refractivity contribution in [3.05, 3.63) is 99.9 Å². The van der Waals surface area contributed by atoms with Crippen molar-refractivity contribution < 1.29 is 13.2 Å². The van der Waals surface area contributed by atoms with E-state index in [4.69, 9.17) is 4.98 Å². The Morgan fingerprint density at radius 2 is 1.67 bits per heavy atom. The van der Waals surface area contributed by atoms with Crippen molar-refractivity contribution in [2.45, 2.75) is 37.8 Å². The van der Waals surface area contributed by atoms with Crippen molar-refractivity contribution in [1.82, 2.24) is 14.2 Å². The molecule has 0 spiro atoms. The quantitative estimate of drug-likeness (QED) is 0.239. The molecule has 0 fully saturated rings. The Morgan fingerprint density at radius 3 is 2.45 bits per heavy atom. The Labute approximate surface area is 253 Å². The summed E-state index contributed by atoms with van der Waals surface area (Å²) >= 11 is 3.26. The average molecular weight is 615 g/mol. The first-order valence-electron chi connectivity index (χ1n) is 14.1. The molecule has 4 heterocycles. The lowest BCUT2D eigenvalue weighted by Crippen LogP contribution is -2.35. The van der Waals surface area contributed by atoms with Crippen LogP contribution in [0.25, 0.3) is 20.8 Å². The van der Waals surface area contributed by atoms with Gasteiger partial charge in [-0.1, -0.05) is 43.3 Å². The number of likely N-dealkylation sites (N-methyl/N-ethyl adjacent to an activating group) is 1. The van der Waals surface area contributed by atoms with Crippen LogP contribution in [0, 0.1) is 0 Å². The Hall–Kier alpha value is -3.41. The molecule has 214 valence electrons. The second-order valence-corrected chi connectivity index (χ2v) is 14.7. The number of nitrogens with zero attached hydrogens (tertiary/aromatic N) is 3. The van der Waals surface area contributed by atoms with E-state index in [2.05, 4.69) is 29.3 Å². The number of benzene rings is 3. The number of hydrogen-bond acceptors (Lipinski definition) is 7. The van der Waals surface area contributed by atoms with E-state index < -0.39 is 10.0 Å². The minimum Gasteiger partial charge on any atom is -0.313 e. The lowest BCUT2D eigenvalue weighted by atomic mass is 10.0. The fourth-order valence-corrected chi connectivity index (χ4v) is 9.61. The van der Waals surface area contributed by atoms with E-state index in [0.29, 0.717) is 25.1 Å². The fourth-order valence-electron chi connectivity index (χ4n) is 5.80. The van der Waals surface area contributed by atoms with Crippen LogP contribution in [0.1, 0.15) is 38.8 Å². The highest BCUT2D eigenvalue weighted by molar-refractivity contribution is 7.89. The summed E-state index contributed by atoms with van der Waals surface area (Å²) in [6.45, 7) is 5.78. The maximum Gasteiger partial charge on any atom is 0.256 e. The van der Waals surface area contributed by atoms with Gasteiger partial charge in [0, 0.05) is 42.2 Å². The lowest BCUT2D eigenvalue weighted by Gasteiger charge is -2.28. The minimum atomic E-state index is -3.68. The fraction of sp³-hybridized carbons (Fsp3) is 0.250. The number of nitrogens with one attached hydrogen (secondary N) is 1. The van der Waals surface area contributed by atoms with E-state index in [1.165, 1.54) is 32.4 Å². The van der Waals surface area contributed by atoms with Crippen LogP contribution in [0.4, 0.5) is 5.00 Å². The van der Waals surface area contributed by atoms with Crippen LogP contribution in [0.15, 0.2) is 77.7 Å². The molecule has 0 bridgehead atoms. The van der Waals surface area contributed by atoms with Gasteiger partial charge in [0.25, 0.3) is 5.91 Å². The van der Waals surface area contributed by atoms with Crippen molar-refractivity contribution in [3.63, 3.8) is 0 Å². The third kappa shape index (κ3) is 4.97. The lowest BCUT2D eigenvalue weighted by molar-refractivity contribution is 0.102. The molecule has 0 unspecified atom stereocenters. The van der Waals surface area contributed by atoms with Gasteiger partial charge in [0.05, 0.1) is 15.1 Å². The number of sulfonamides is 1. The molecule has 10 heteroatoms. The van der Waals surface area contributed by atoms with E-state index in [9.17, 15) is 13.2 Å². The normalized spacial score (nSPS) is 15.8. The number of carbonyl (C=O) groups excluding carboxylic acids is 1. The van der Waals surface area contributed by atoms with E-state index in [-0.39, 0.29) is 10.8 Å². The van der Waals surface area contributed by atoms with Crippen LogP contribution in [0.5, 0.6) is 0 Å². The Morgan fingerprint density at radius 1 is 0.905 bits per heavy atom. The van der Waals surface area contributed by atoms with Crippen LogP contribution in [0.2, 0.25) is 0 Å². The summed E-state index contributed by atoms with van der Waals surface area (Å²) in [6.07, 6.45) is 1.60. The standard InChI is InChI=1S/C32H30N4O3S3/c1-2-35-17-16-25-28(20-35)41-32(29(25)31-33-26-9-5-6-10-27(26)40-31)34-30(37)22-11-13-24(14-12-22)42(38,39)36-18-15-21-7-3-4-8-23(21)19-36/h3-14H,2,15-20H2,1H3,(H,34,37). The monoisotopic (exact) mass is 614 g/mol. The number of fused-ring (bicyclic) bond motifs is 3. The summed E-state index contributed by atoms with van der Waals surface area (Å²) < 4.78 is 29.5. The molecule has 0 radical (unpaired) electrons. The summed E-state index contributed by atoms with van der Waals surface area (Å²) in [5, 5.41) is 4.87. The van der Waals surface area contributed by atoms with Crippen LogP contribution < -0.4 is 5.32 Å². The van der Waals surface area contributed by atoms with Gasteiger partial charge in [0.2, 0.25) is 10.0 Å². The van der Waals surface area contributed by atoms with Crippen molar-refractivity contribution in [1.29, 1.82) is 0 Å². The molecule has 0 aliphatic carbocycles. The largest absolute Gasteiger partial charge is 0.313 e. The van der Waals surface area contributed by atoms with Gasteiger partial charge in [-0.25, -0.2) is 13.4 Å². The molecule has 2 aromatic heterocycles. The molecule has 0 atom stereocenters. The zero-order valence-corrected chi connectivity index (χ0v) is 25.6. The summed E-state index contributed by atoms with van der Waals surface area (Å²) in [5.74, 6) is -0.265. The van der Waals surface area contributed by atoms with Crippen LogP contribution in [-0.2, 0) is 36.0 Å². The predicted molar refractivity (Wildman–Crippen MR) is 170 cm³/mol. The number of amides is 1. The number of thiophene rings is 1. The Balaban J connectivity index is 1.16. The maximum absolute atomic E-state index is 13.5. The van der Waals surface area contributed by atoms with E-state index >= 15 is 0 Å². The smallest absolute Gasteiger partial charge is 0.256 e. The number of rotatable bonds is 6. The molecule has 3 aromatic carbocycles. The highest BCUT2D eigenvalue weighted by Gasteiger charge is 2.30. The molecule has 7 nitrogen and oxygen atoms in total. The van der Waals surface area contributed by atoms with Gasteiger partial charge in [-0.15, -0.1) is 22.7 Å². The van der Waals surface area contributed by atoms with Gasteiger partial charge < -0.3 is 5.32 Å². The summed E-state index contributed by atoms with van der Waals surface area (Å²) in [4.78, 5) is 22.3. The van der Waals surface area contributed by atoms with Crippen LogP contribution >= 0.6 is 22.7 Å². The Kier molecular flexibility index (Phi) is 7.19.